The van der Waals surface area contributed by atoms with E-state index in [1.807, 2.05) is 17.7 Å². The van der Waals surface area contributed by atoms with Gasteiger partial charge in [-0.3, -0.25) is 0 Å². The molecule has 0 aliphatic rings. The molecule has 0 aliphatic carbocycles. The monoisotopic (exact) mass is 375 g/mol. The number of hydrogen-bond acceptors (Lipinski definition) is 3. The van der Waals surface area contributed by atoms with Crippen LogP contribution in [0.5, 0.6) is 0 Å². The normalized spacial score (nSPS) is 12.3. The van der Waals surface area contributed by atoms with Crippen molar-refractivity contribution in [1.82, 2.24) is 14.5 Å². The molecule has 0 unspecified atom stereocenters. The molecule has 0 saturated carbocycles. The molecule has 7 heteroatoms. The van der Waals surface area contributed by atoms with Crippen molar-refractivity contribution in [3.8, 4) is 0 Å². The van der Waals surface area contributed by atoms with Crippen LogP contribution in [-0.2, 0) is 11.5 Å². The fourth-order valence-electron chi connectivity index (χ4n) is 1.84. The van der Waals surface area contributed by atoms with Crippen molar-refractivity contribution in [2.24, 2.45) is 0 Å². The van der Waals surface area contributed by atoms with Gasteiger partial charge in [-0.2, -0.15) is 0 Å². The van der Waals surface area contributed by atoms with Gasteiger partial charge in [0.2, 0.25) is 0 Å². The predicted octanol–water partition coefficient (Wildman–Crippen LogP) is 4.47. The lowest BCUT2D eigenvalue weighted by atomic mass is 10.4. The van der Waals surface area contributed by atoms with E-state index in [1.165, 1.54) is 0 Å². The number of halogens is 2. The zero-order chi connectivity index (χ0) is 14.9. The molecule has 2 aromatic rings. The van der Waals surface area contributed by atoms with Crippen molar-refractivity contribution >= 4 is 46.6 Å². The van der Waals surface area contributed by atoms with Gasteiger partial charge in [-0.15, -0.1) is 0 Å². The smallest absolute Gasteiger partial charge is 0.148 e. The first kappa shape index (κ1) is 15.9. The van der Waals surface area contributed by atoms with E-state index in [2.05, 4.69) is 45.5 Å². The number of aromatic nitrogens is 3. The van der Waals surface area contributed by atoms with Crippen molar-refractivity contribution in [3.63, 3.8) is 0 Å². The summed E-state index contributed by atoms with van der Waals surface area (Å²) in [6.07, 6.45) is 1.94. The Balaban J connectivity index is 2.15. The van der Waals surface area contributed by atoms with Crippen LogP contribution < -0.4 is 0 Å². The quantitative estimate of drug-likeness (QED) is 0.439. The summed E-state index contributed by atoms with van der Waals surface area (Å²) in [5.74, 6) is 0.663. The van der Waals surface area contributed by atoms with Crippen molar-refractivity contribution in [3.05, 3.63) is 21.6 Å². The van der Waals surface area contributed by atoms with Gasteiger partial charge >= 0.3 is 0 Å². The number of rotatable bonds is 5. The maximum absolute atomic E-state index is 6.17. The van der Waals surface area contributed by atoms with Gasteiger partial charge in [0.1, 0.15) is 23.4 Å². The summed E-state index contributed by atoms with van der Waals surface area (Å²) in [5, 5.41) is 1.31. The van der Waals surface area contributed by atoms with E-state index < -0.39 is 8.07 Å². The first-order valence-corrected chi connectivity index (χ1v) is 11.4. The minimum Gasteiger partial charge on any atom is -0.361 e. The first-order chi connectivity index (χ1) is 9.28. The molecule has 0 radical (unpaired) electrons. The third-order valence-electron chi connectivity index (χ3n) is 2.96. The Kier molecular flexibility index (Phi) is 4.89. The van der Waals surface area contributed by atoms with E-state index in [4.69, 9.17) is 16.3 Å². The minimum atomic E-state index is -1.05. The highest BCUT2D eigenvalue weighted by atomic mass is 79.9. The SMILES string of the molecule is Cc1nc(Cl)c2c(Br)cn(COCC[Si](C)(C)C)c2n1. The van der Waals surface area contributed by atoms with Crippen LogP contribution in [0.2, 0.25) is 30.8 Å². The molecule has 4 nitrogen and oxygen atoms in total. The van der Waals surface area contributed by atoms with Crippen LogP contribution in [0.15, 0.2) is 10.7 Å². The summed E-state index contributed by atoms with van der Waals surface area (Å²) in [6, 6.07) is 1.15. The largest absolute Gasteiger partial charge is 0.361 e. The number of aryl methyl sites for hydroxylation is 1. The van der Waals surface area contributed by atoms with Gasteiger partial charge in [0.05, 0.1) is 5.39 Å². The second-order valence-electron chi connectivity index (χ2n) is 6.06. The molecule has 0 amide bonds. The number of nitrogens with zero attached hydrogens (tertiary/aromatic N) is 3. The Morgan fingerprint density at radius 3 is 2.70 bits per heavy atom. The standard InChI is InChI=1S/C13H19BrClN3OSi/c1-9-16-12(15)11-10(14)7-18(13(11)17-9)8-19-5-6-20(2,3)4/h7H,5-6,8H2,1-4H3. The summed E-state index contributed by atoms with van der Waals surface area (Å²) in [4.78, 5) is 8.63. The van der Waals surface area contributed by atoms with E-state index in [0.29, 0.717) is 17.7 Å². The van der Waals surface area contributed by atoms with Crippen LogP contribution in [0.4, 0.5) is 0 Å². The molecule has 2 aromatic heterocycles. The second-order valence-corrected chi connectivity index (χ2v) is 12.9. The summed E-state index contributed by atoms with van der Waals surface area (Å²) in [6.45, 7) is 10.1. The van der Waals surface area contributed by atoms with Gasteiger partial charge in [-0.1, -0.05) is 31.2 Å². The van der Waals surface area contributed by atoms with Gasteiger partial charge in [0, 0.05) is 25.4 Å². The molecule has 0 saturated heterocycles. The fraction of sp³-hybridized carbons (Fsp3) is 0.538. The average molecular weight is 377 g/mol. The molecule has 0 aromatic carbocycles. The van der Waals surface area contributed by atoms with Crippen molar-refractivity contribution in [1.29, 1.82) is 0 Å². The van der Waals surface area contributed by atoms with Crippen LogP contribution in [0, 0.1) is 6.92 Å². The first-order valence-electron chi connectivity index (χ1n) is 6.54. The second kappa shape index (κ2) is 6.13. The van der Waals surface area contributed by atoms with Crippen molar-refractivity contribution < 1.29 is 4.74 Å². The molecule has 0 fully saturated rings. The van der Waals surface area contributed by atoms with E-state index in [1.54, 1.807) is 0 Å². The molecular formula is C13H19BrClN3OSi. The van der Waals surface area contributed by atoms with Crippen LogP contribution >= 0.6 is 27.5 Å². The third kappa shape index (κ3) is 3.81. The van der Waals surface area contributed by atoms with Crippen LogP contribution in [0.25, 0.3) is 11.0 Å². The number of fused-ring (bicyclic) bond motifs is 1. The summed E-state index contributed by atoms with van der Waals surface area (Å²) in [5.41, 5.74) is 0.808. The lowest BCUT2D eigenvalue weighted by Crippen LogP contribution is -2.22. The van der Waals surface area contributed by atoms with E-state index in [-0.39, 0.29) is 0 Å². The highest BCUT2D eigenvalue weighted by Crippen LogP contribution is 2.30. The van der Waals surface area contributed by atoms with Crippen LogP contribution in [0.1, 0.15) is 5.82 Å². The van der Waals surface area contributed by atoms with E-state index in [9.17, 15) is 0 Å². The maximum Gasteiger partial charge on any atom is 0.148 e. The molecule has 0 N–H and O–H groups in total. The van der Waals surface area contributed by atoms with Gasteiger partial charge in [0.25, 0.3) is 0 Å². The molecular weight excluding hydrogens is 358 g/mol. The Bertz CT molecular complexity index is 624. The van der Waals surface area contributed by atoms with Crippen LogP contribution in [0.3, 0.4) is 0 Å². The molecule has 0 bridgehead atoms. The average Bonchev–Trinajstić information content (AvgIpc) is 2.60. The molecule has 0 aliphatic heterocycles. The van der Waals surface area contributed by atoms with Crippen molar-refractivity contribution in [2.45, 2.75) is 39.3 Å². The predicted molar refractivity (Wildman–Crippen MR) is 89.1 cm³/mol. The third-order valence-corrected chi connectivity index (χ3v) is 5.54. The molecule has 20 heavy (non-hydrogen) atoms. The van der Waals surface area contributed by atoms with Crippen molar-refractivity contribution in [2.75, 3.05) is 6.61 Å². The Morgan fingerprint density at radius 1 is 1.35 bits per heavy atom. The lowest BCUT2D eigenvalue weighted by Gasteiger charge is -2.15. The number of hydrogen-bond donors (Lipinski definition) is 0. The highest BCUT2D eigenvalue weighted by molar-refractivity contribution is 9.10. The Morgan fingerprint density at radius 2 is 2.05 bits per heavy atom. The van der Waals surface area contributed by atoms with Crippen LogP contribution in [-0.4, -0.2) is 29.2 Å². The summed E-state index contributed by atoms with van der Waals surface area (Å²) >= 11 is 9.67. The lowest BCUT2D eigenvalue weighted by molar-refractivity contribution is 0.0898. The molecule has 0 atom stereocenters. The minimum absolute atomic E-state index is 0.472. The van der Waals surface area contributed by atoms with Gasteiger partial charge in [-0.05, 0) is 28.9 Å². The van der Waals surface area contributed by atoms with E-state index in [0.717, 1.165) is 28.2 Å². The molecule has 110 valence electrons. The summed E-state index contributed by atoms with van der Waals surface area (Å²) in [7, 11) is -1.05. The van der Waals surface area contributed by atoms with Gasteiger partial charge in [-0.25, -0.2) is 9.97 Å². The van der Waals surface area contributed by atoms with E-state index >= 15 is 0 Å². The fourth-order valence-corrected chi connectivity index (χ4v) is 3.63. The maximum atomic E-state index is 6.17. The highest BCUT2D eigenvalue weighted by Gasteiger charge is 2.15. The zero-order valence-corrected chi connectivity index (χ0v) is 15.5. The Labute approximate surface area is 133 Å². The van der Waals surface area contributed by atoms with Gasteiger partial charge in [0.15, 0.2) is 0 Å². The summed E-state index contributed by atoms with van der Waals surface area (Å²) < 4.78 is 8.63. The zero-order valence-electron chi connectivity index (χ0n) is 12.2. The van der Waals surface area contributed by atoms with Gasteiger partial charge < -0.3 is 9.30 Å². The molecule has 2 rings (SSSR count). The topological polar surface area (TPSA) is 39.9 Å². The molecule has 2 heterocycles. The Hall–Kier alpha value is -0.433. The molecule has 0 spiro atoms. The number of ether oxygens (including phenoxy) is 1.